The molecule has 1 rings (SSSR count). The molecule has 6 nitrogen and oxygen atoms in total. The molecule has 0 saturated carbocycles. The molecule has 1 aliphatic heterocycles. The van der Waals surface area contributed by atoms with Gasteiger partial charge < -0.3 is 11.1 Å². The first-order valence-electron chi connectivity index (χ1n) is 7.22. The maximum atomic E-state index is 12.0. The third kappa shape index (κ3) is 4.43. The average molecular weight is 293 g/mol. The maximum absolute atomic E-state index is 12.0. The van der Waals surface area contributed by atoms with Gasteiger partial charge in [-0.15, -0.1) is 0 Å². The minimum Gasteiger partial charge on any atom is -0.369 e. The van der Waals surface area contributed by atoms with Crippen molar-refractivity contribution >= 4 is 11.8 Å². The Bertz CT molecular complexity index is 453. The summed E-state index contributed by atoms with van der Waals surface area (Å²) in [7, 11) is 0. The average Bonchev–Trinajstić information content (AvgIpc) is 2.81. The van der Waals surface area contributed by atoms with Crippen LogP contribution in [0.3, 0.4) is 0 Å². The van der Waals surface area contributed by atoms with Gasteiger partial charge in [0.05, 0.1) is 12.5 Å². The van der Waals surface area contributed by atoms with E-state index in [0.29, 0.717) is 19.0 Å². The Morgan fingerprint density at radius 2 is 2.14 bits per heavy atom. The van der Waals surface area contributed by atoms with Gasteiger partial charge in [-0.25, -0.2) is 0 Å². The van der Waals surface area contributed by atoms with E-state index in [1.807, 2.05) is 0 Å². The molecule has 1 radical (unpaired) electrons. The van der Waals surface area contributed by atoms with Gasteiger partial charge in [0.15, 0.2) is 0 Å². The molecule has 2 amide bonds. The third-order valence-electron chi connectivity index (χ3n) is 4.07. The second kappa shape index (κ2) is 6.44. The first kappa shape index (κ1) is 17.4. The molecule has 3 N–H and O–H groups in total. The molecule has 0 bridgehead atoms. The Morgan fingerprint density at radius 3 is 2.57 bits per heavy atom. The zero-order valence-electron chi connectivity index (χ0n) is 13.3. The summed E-state index contributed by atoms with van der Waals surface area (Å²) in [5.41, 5.74) is 3.67. The van der Waals surface area contributed by atoms with Crippen LogP contribution in [0.1, 0.15) is 40.5 Å². The van der Waals surface area contributed by atoms with E-state index in [0.717, 1.165) is 6.54 Å². The predicted molar refractivity (Wildman–Crippen MR) is 79.7 cm³/mol. The molecule has 0 aromatic rings. The van der Waals surface area contributed by atoms with Gasteiger partial charge in [-0.1, -0.05) is 13.8 Å². The molecule has 0 aliphatic carbocycles. The highest BCUT2D eigenvalue weighted by Gasteiger charge is 2.40. The van der Waals surface area contributed by atoms with E-state index < -0.39 is 16.9 Å². The van der Waals surface area contributed by atoms with Crippen LogP contribution in [0.4, 0.5) is 0 Å². The topological polar surface area (TPSA) is 99.2 Å². The quantitative estimate of drug-likeness (QED) is 0.748. The van der Waals surface area contributed by atoms with Crippen LogP contribution in [0.15, 0.2) is 0 Å². The fraction of sp³-hybridized carbons (Fsp3) is 0.733. The van der Waals surface area contributed by atoms with Crippen molar-refractivity contribution in [1.82, 2.24) is 10.2 Å². The molecule has 1 saturated heterocycles. The minimum absolute atomic E-state index is 0.254. The molecule has 1 heterocycles. The first-order valence-corrected chi connectivity index (χ1v) is 7.22. The normalized spacial score (nSPS) is 23.0. The lowest BCUT2D eigenvalue weighted by Crippen LogP contribution is -2.50. The number of hydrogen-bond acceptors (Lipinski definition) is 4. The lowest BCUT2D eigenvalue weighted by molar-refractivity contribution is -0.126. The molecule has 1 unspecified atom stereocenters. The Balaban J connectivity index is 2.58. The van der Waals surface area contributed by atoms with Crippen molar-refractivity contribution in [3.63, 3.8) is 0 Å². The number of rotatable bonds is 6. The lowest BCUT2D eigenvalue weighted by atomic mass is 9.87. The van der Waals surface area contributed by atoms with E-state index in [4.69, 9.17) is 5.73 Å². The van der Waals surface area contributed by atoms with Crippen molar-refractivity contribution in [2.75, 3.05) is 13.1 Å². The van der Waals surface area contributed by atoms with Crippen molar-refractivity contribution in [3.8, 4) is 6.07 Å². The number of nitrogens with zero attached hydrogens (tertiary/aromatic N) is 2. The fourth-order valence-electron chi connectivity index (χ4n) is 2.24. The van der Waals surface area contributed by atoms with E-state index in [1.54, 1.807) is 13.8 Å². The summed E-state index contributed by atoms with van der Waals surface area (Å²) >= 11 is 0. The summed E-state index contributed by atoms with van der Waals surface area (Å²) in [6, 6.07) is 2.57. The van der Waals surface area contributed by atoms with Crippen molar-refractivity contribution < 1.29 is 9.59 Å². The summed E-state index contributed by atoms with van der Waals surface area (Å²) in [4.78, 5) is 25.4. The predicted octanol–water partition coefficient (Wildman–Crippen LogP) is 0.585. The molecular weight excluding hydrogens is 268 g/mol. The summed E-state index contributed by atoms with van der Waals surface area (Å²) in [6.07, 6.45) is 2.27. The van der Waals surface area contributed by atoms with Crippen LogP contribution < -0.4 is 11.1 Å². The number of nitriles is 1. The van der Waals surface area contributed by atoms with E-state index in [1.165, 1.54) is 6.42 Å². The second-order valence-corrected chi connectivity index (χ2v) is 6.65. The van der Waals surface area contributed by atoms with Crippen molar-refractivity contribution in [1.29, 1.82) is 5.26 Å². The lowest BCUT2D eigenvalue weighted by Gasteiger charge is -2.26. The number of primary amides is 1. The number of nitrogens with two attached hydrogens (primary N) is 1. The van der Waals surface area contributed by atoms with Gasteiger partial charge in [0, 0.05) is 24.5 Å². The van der Waals surface area contributed by atoms with E-state index >= 15 is 0 Å². The fourth-order valence-corrected chi connectivity index (χ4v) is 2.24. The Labute approximate surface area is 126 Å². The molecule has 1 aliphatic rings. The van der Waals surface area contributed by atoms with E-state index in [9.17, 15) is 14.9 Å². The van der Waals surface area contributed by atoms with Gasteiger partial charge in [-0.3, -0.25) is 14.5 Å². The van der Waals surface area contributed by atoms with Gasteiger partial charge in [-0.2, -0.15) is 5.26 Å². The standard InChI is InChI=1S/C15H25N4O2/c1-11(2)19-8-7-15(9-16,10-19)18-12(20)5-6-14(3,4)13(17)21/h5,11H,6-8,10H2,1-4H3,(H2,17,21)(H,18,20). The van der Waals surface area contributed by atoms with Crippen LogP contribution in [-0.2, 0) is 9.59 Å². The maximum Gasteiger partial charge on any atom is 0.225 e. The van der Waals surface area contributed by atoms with E-state index in [-0.39, 0.29) is 12.3 Å². The zero-order chi connectivity index (χ0) is 16.3. The molecular formula is C15H25N4O2. The van der Waals surface area contributed by atoms with Crippen LogP contribution in [0.2, 0.25) is 0 Å². The molecule has 21 heavy (non-hydrogen) atoms. The summed E-state index contributed by atoms with van der Waals surface area (Å²) < 4.78 is 0. The zero-order valence-corrected chi connectivity index (χ0v) is 13.3. The highest BCUT2D eigenvalue weighted by molar-refractivity contribution is 5.87. The van der Waals surface area contributed by atoms with Crippen molar-refractivity contribution in [2.24, 2.45) is 11.1 Å². The number of likely N-dealkylation sites (tertiary alicyclic amines) is 1. The van der Waals surface area contributed by atoms with Crippen molar-refractivity contribution in [2.45, 2.75) is 52.1 Å². The molecule has 1 fully saturated rings. The molecule has 0 aromatic carbocycles. The SMILES string of the molecule is CC(C)N1CCC(C#N)(NC(=O)[CH]CC(C)(C)C(N)=O)C1. The number of hydrogen-bond donors (Lipinski definition) is 2. The largest absolute Gasteiger partial charge is 0.369 e. The van der Waals surface area contributed by atoms with Gasteiger partial charge in [0.1, 0.15) is 5.54 Å². The van der Waals surface area contributed by atoms with Gasteiger partial charge >= 0.3 is 0 Å². The highest BCUT2D eigenvalue weighted by atomic mass is 16.2. The highest BCUT2D eigenvalue weighted by Crippen LogP contribution is 2.24. The van der Waals surface area contributed by atoms with Gasteiger partial charge in [0.2, 0.25) is 11.8 Å². The third-order valence-corrected chi connectivity index (χ3v) is 4.07. The number of nitrogens with one attached hydrogen (secondary N) is 1. The molecule has 1 atom stereocenters. The Hall–Kier alpha value is -1.61. The summed E-state index contributed by atoms with van der Waals surface area (Å²) in [6.45, 7) is 8.83. The van der Waals surface area contributed by atoms with Crippen LogP contribution in [0.5, 0.6) is 0 Å². The van der Waals surface area contributed by atoms with Crippen LogP contribution >= 0.6 is 0 Å². The summed E-state index contributed by atoms with van der Waals surface area (Å²) in [5, 5.41) is 12.2. The van der Waals surface area contributed by atoms with Gasteiger partial charge in [-0.05, 0) is 26.7 Å². The Morgan fingerprint density at radius 1 is 1.52 bits per heavy atom. The molecule has 0 aromatic heterocycles. The minimum atomic E-state index is -0.839. The number of amides is 2. The van der Waals surface area contributed by atoms with E-state index in [2.05, 4.69) is 30.1 Å². The van der Waals surface area contributed by atoms with Crippen LogP contribution in [0.25, 0.3) is 0 Å². The molecule has 6 heteroatoms. The smallest absolute Gasteiger partial charge is 0.225 e. The summed E-state index contributed by atoms with van der Waals surface area (Å²) in [5.74, 6) is -0.773. The Kier molecular flexibility index (Phi) is 5.35. The van der Waals surface area contributed by atoms with Crippen LogP contribution in [0, 0.1) is 23.2 Å². The van der Waals surface area contributed by atoms with Crippen LogP contribution in [-0.4, -0.2) is 41.4 Å². The second-order valence-electron chi connectivity index (χ2n) is 6.65. The number of carbonyl (C=O) groups excluding carboxylic acids is 2. The number of carbonyl (C=O) groups is 2. The van der Waals surface area contributed by atoms with Crippen molar-refractivity contribution in [3.05, 3.63) is 6.42 Å². The van der Waals surface area contributed by atoms with Gasteiger partial charge in [0.25, 0.3) is 0 Å². The monoisotopic (exact) mass is 293 g/mol. The first-order chi connectivity index (χ1) is 9.62. The molecule has 117 valence electrons. The molecule has 0 spiro atoms.